The Morgan fingerprint density at radius 2 is 2.04 bits per heavy atom. The van der Waals surface area contributed by atoms with Gasteiger partial charge in [-0.25, -0.2) is 0 Å². The highest BCUT2D eigenvalue weighted by Gasteiger charge is 2.43. The summed E-state index contributed by atoms with van der Waals surface area (Å²) in [4.78, 5) is 15.0. The zero-order valence-electron chi connectivity index (χ0n) is 14.2. The van der Waals surface area contributed by atoms with Crippen LogP contribution in [0.5, 0.6) is 0 Å². The van der Waals surface area contributed by atoms with Gasteiger partial charge in [-0.15, -0.1) is 0 Å². The quantitative estimate of drug-likeness (QED) is 0.927. The molecule has 1 saturated heterocycles. The van der Waals surface area contributed by atoms with Crippen LogP contribution in [0.1, 0.15) is 25.3 Å². The first-order valence-electron chi connectivity index (χ1n) is 8.28. The molecule has 0 aromatic heterocycles. The maximum atomic E-state index is 12.7. The summed E-state index contributed by atoms with van der Waals surface area (Å²) in [6.45, 7) is 3.62. The Morgan fingerprint density at radius 1 is 1.26 bits per heavy atom. The predicted octanol–water partition coefficient (Wildman–Crippen LogP) is 2.07. The highest BCUT2D eigenvalue weighted by molar-refractivity contribution is 5.96. The maximum absolute atomic E-state index is 12.7. The standard InChI is InChI=1S/C18H26N2O3/c1-18(23-3)12-20(11-10-16(18)22-2)15-9-8-13-6-4-5-7-14(13)19-17(15)21/h4-7,15-16H,8-12H2,1-3H3,(H,19,21)/t15?,16-,18+/m1/s1. The van der Waals surface area contributed by atoms with Crippen LogP contribution in [0, 0.1) is 0 Å². The fourth-order valence-corrected chi connectivity index (χ4v) is 3.85. The number of aryl methyl sites for hydroxylation is 1. The van der Waals surface area contributed by atoms with Gasteiger partial charge in [-0.3, -0.25) is 9.69 Å². The second-order valence-electron chi connectivity index (χ2n) is 6.70. The van der Waals surface area contributed by atoms with Gasteiger partial charge in [0.1, 0.15) is 5.60 Å². The summed E-state index contributed by atoms with van der Waals surface area (Å²) in [5, 5.41) is 3.09. The Kier molecular flexibility index (Phi) is 4.71. The Bertz CT molecular complexity index is 577. The second kappa shape index (κ2) is 6.59. The molecule has 2 heterocycles. The van der Waals surface area contributed by atoms with E-state index in [9.17, 15) is 4.79 Å². The minimum absolute atomic E-state index is 0.0646. The third-order valence-electron chi connectivity index (χ3n) is 5.33. The number of carbonyl (C=O) groups is 1. The summed E-state index contributed by atoms with van der Waals surface area (Å²) in [5.41, 5.74) is 1.78. The molecule has 0 bridgehead atoms. The average molecular weight is 318 g/mol. The highest BCUT2D eigenvalue weighted by atomic mass is 16.5. The predicted molar refractivity (Wildman–Crippen MR) is 89.6 cm³/mol. The number of benzene rings is 1. The normalized spacial score (nSPS) is 32.0. The van der Waals surface area contributed by atoms with Crippen LogP contribution in [0.25, 0.3) is 0 Å². The Hall–Kier alpha value is -1.43. The molecule has 2 aliphatic rings. The number of para-hydroxylation sites is 1. The van der Waals surface area contributed by atoms with Crippen molar-refractivity contribution in [2.45, 2.75) is 43.9 Å². The third-order valence-corrected chi connectivity index (χ3v) is 5.33. The maximum Gasteiger partial charge on any atom is 0.241 e. The molecule has 2 aliphatic heterocycles. The molecular formula is C18H26N2O3. The number of rotatable bonds is 3. The van der Waals surface area contributed by atoms with Gasteiger partial charge in [0.2, 0.25) is 5.91 Å². The molecule has 5 heteroatoms. The lowest BCUT2D eigenvalue weighted by Gasteiger charge is -2.46. The van der Waals surface area contributed by atoms with Crippen molar-refractivity contribution < 1.29 is 14.3 Å². The number of piperidine rings is 1. The first-order chi connectivity index (χ1) is 11.1. The molecule has 3 rings (SSSR count). The number of nitrogens with zero attached hydrogens (tertiary/aromatic N) is 1. The Morgan fingerprint density at radius 3 is 2.78 bits per heavy atom. The van der Waals surface area contributed by atoms with Gasteiger partial charge < -0.3 is 14.8 Å². The number of hydrogen-bond acceptors (Lipinski definition) is 4. The lowest BCUT2D eigenvalue weighted by Crippen LogP contribution is -2.60. The number of ether oxygens (including phenoxy) is 2. The molecule has 1 aromatic rings. The minimum Gasteiger partial charge on any atom is -0.378 e. The van der Waals surface area contributed by atoms with Gasteiger partial charge in [0, 0.05) is 33.0 Å². The van der Waals surface area contributed by atoms with E-state index in [4.69, 9.17) is 9.47 Å². The van der Waals surface area contributed by atoms with Gasteiger partial charge in [0.05, 0.1) is 12.1 Å². The molecule has 1 unspecified atom stereocenters. The molecule has 1 amide bonds. The summed E-state index contributed by atoms with van der Waals surface area (Å²) < 4.78 is 11.3. The van der Waals surface area contributed by atoms with E-state index in [1.54, 1.807) is 14.2 Å². The van der Waals surface area contributed by atoms with Crippen molar-refractivity contribution in [3.63, 3.8) is 0 Å². The molecule has 3 atom stereocenters. The van der Waals surface area contributed by atoms with Crippen molar-refractivity contribution in [3.8, 4) is 0 Å². The number of likely N-dealkylation sites (tertiary alicyclic amines) is 1. The highest BCUT2D eigenvalue weighted by Crippen LogP contribution is 2.31. The van der Waals surface area contributed by atoms with Crippen molar-refractivity contribution in [2.75, 3.05) is 32.6 Å². The monoisotopic (exact) mass is 318 g/mol. The van der Waals surface area contributed by atoms with Crippen molar-refractivity contribution in [1.29, 1.82) is 0 Å². The number of fused-ring (bicyclic) bond motifs is 1. The third kappa shape index (κ3) is 3.13. The molecule has 5 nitrogen and oxygen atoms in total. The molecule has 1 fully saturated rings. The number of anilines is 1. The van der Waals surface area contributed by atoms with Crippen LogP contribution < -0.4 is 5.32 Å². The molecule has 0 saturated carbocycles. The number of amides is 1. The molecule has 126 valence electrons. The second-order valence-corrected chi connectivity index (χ2v) is 6.70. The first kappa shape index (κ1) is 16.4. The van der Waals surface area contributed by atoms with Crippen LogP contribution in [-0.2, 0) is 20.7 Å². The van der Waals surface area contributed by atoms with Gasteiger partial charge in [-0.05, 0) is 37.8 Å². The number of hydrogen-bond donors (Lipinski definition) is 1. The zero-order valence-corrected chi connectivity index (χ0v) is 14.2. The number of carbonyl (C=O) groups excluding carboxylic acids is 1. The summed E-state index contributed by atoms with van der Waals surface area (Å²) >= 11 is 0. The van der Waals surface area contributed by atoms with Gasteiger partial charge in [-0.1, -0.05) is 18.2 Å². The van der Waals surface area contributed by atoms with E-state index < -0.39 is 0 Å². The largest absolute Gasteiger partial charge is 0.378 e. The summed E-state index contributed by atoms with van der Waals surface area (Å²) in [6.07, 6.45) is 2.68. The molecule has 0 spiro atoms. The lowest BCUT2D eigenvalue weighted by molar-refractivity contribution is -0.154. The zero-order chi connectivity index (χ0) is 16.4. The van der Waals surface area contributed by atoms with Gasteiger partial charge in [-0.2, -0.15) is 0 Å². The summed E-state index contributed by atoms with van der Waals surface area (Å²) in [7, 11) is 3.45. The van der Waals surface area contributed by atoms with Crippen molar-refractivity contribution in [2.24, 2.45) is 0 Å². The van der Waals surface area contributed by atoms with E-state index in [-0.39, 0.29) is 23.7 Å². The fraction of sp³-hybridized carbons (Fsp3) is 0.611. The SMILES string of the molecule is CO[C@@H]1CCN(C2CCc3ccccc3NC2=O)C[C@]1(C)OC. The van der Waals surface area contributed by atoms with E-state index in [1.807, 2.05) is 18.2 Å². The van der Waals surface area contributed by atoms with E-state index in [0.29, 0.717) is 6.54 Å². The summed E-state index contributed by atoms with van der Waals surface area (Å²) in [6, 6.07) is 7.94. The number of methoxy groups -OCH3 is 2. The van der Waals surface area contributed by atoms with E-state index >= 15 is 0 Å². The average Bonchev–Trinajstić information content (AvgIpc) is 2.73. The smallest absolute Gasteiger partial charge is 0.241 e. The van der Waals surface area contributed by atoms with Crippen LogP contribution in [0.15, 0.2) is 24.3 Å². The van der Waals surface area contributed by atoms with Crippen LogP contribution in [0.3, 0.4) is 0 Å². The van der Waals surface area contributed by atoms with Crippen LogP contribution >= 0.6 is 0 Å². The topological polar surface area (TPSA) is 50.8 Å². The van der Waals surface area contributed by atoms with Crippen molar-refractivity contribution in [3.05, 3.63) is 29.8 Å². The molecule has 23 heavy (non-hydrogen) atoms. The minimum atomic E-state index is -0.383. The van der Waals surface area contributed by atoms with Crippen molar-refractivity contribution in [1.82, 2.24) is 4.90 Å². The summed E-state index contributed by atoms with van der Waals surface area (Å²) in [5.74, 6) is 0.0873. The van der Waals surface area contributed by atoms with Gasteiger partial charge in [0.25, 0.3) is 0 Å². The van der Waals surface area contributed by atoms with Crippen LogP contribution in [0.2, 0.25) is 0 Å². The molecular weight excluding hydrogens is 292 g/mol. The van der Waals surface area contributed by atoms with Gasteiger partial charge >= 0.3 is 0 Å². The van der Waals surface area contributed by atoms with Crippen LogP contribution in [-0.4, -0.2) is 55.9 Å². The molecule has 0 radical (unpaired) electrons. The molecule has 0 aliphatic carbocycles. The van der Waals surface area contributed by atoms with E-state index in [0.717, 1.165) is 31.5 Å². The first-order valence-corrected chi connectivity index (χ1v) is 8.28. The molecule has 1 N–H and O–H groups in total. The molecule has 1 aromatic carbocycles. The number of nitrogens with one attached hydrogen (secondary N) is 1. The Balaban J connectivity index is 1.76. The van der Waals surface area contributed by atoms with E-state index in [1.165, 1.54) is 5.56 Å². The fourth-order valence-electron chi connectivity index (χ4n) is 3.85. The lowest BCUT2D eigenvalue weighted by atomic mass is 9.89. The van der Waals surface area contributed by atoms with Crippen LogP contribution in [0.4, 0.5) is 5.69 Å². The van der Waals surface area contributed by atoms with Crippen molar-refractivity contribution >= 4 is 11.6 Å². The Labute approximate surface area is 137 Å². The van der Waals surface area contributed by atoms with Gasteiger partial charge in [0.15, 0.2) is 0 Å². The van der Waals surface area contributed by atoms with E-state index in [2.05, 4.69) is 23.2 Å².